The van der Waals surface area contributed by atoms with E-state index < -0.39 is 17.3 Å². The molecule has 0 aromatic rings. The number of hydrogen-bond acceptors (Lipinski definition) is 7. The normalized spacial score (nSPS) is 25.0. The van der Waals surface area contributed by atoms with Gasteiger partial charge in [0.2, 0.25) is 0 Å². The van der Waals surface area contributed by atoms with Crippen LogP contribution < -0.4 is 5.73 Å². The van der Waals surface area contributed by atoms with Crippen molar-refractivity contribution in [1.29, 1.82) is 0 Å². The molecule has 3 aliphatic rings. The summed E-state index contributed by atoms with van der Waals surface area (Å²) in [6.45, 7) is 4.22. The molecule has 2 heterocycles. The van der Waals surface area contributed by atoms with Gasteiger partial charge in [-0.05, 0) is 38.2 Å². The molecule has 8 nitrogen and oxygen atoms in total. The Morgan fingerprint density at radius 3 is 2.58 bits per heavy atom. The van der Waals surface area contributed by atoms with Gasteiger partial charge in [-0.15, -0.1) is 0 Å². The molecule has 1 fully saturated rings. The van der Waals surface area contributed by atoms with Crippen molar-refractivity contribution >= 4 is 17.7 Å². The summed E-state index contributed by atoms with van der Waals surface area (Å²) in [7, 11) is 0. The first kappa shape index (κ1) is 25.0. The van der Waals surface area contributed by atoms with Crippen molar-refractivity contribution in [2.75, 3.05) is 13.2 Å². The van der Waals surface area contributed by atoms with Gasteiger partial charge in [-0.1, -0.05) is 39.0 Å². The van der Waals surface area contributed by atoms with E-state index >= 15 is 0 Å². The highest BCUT2D eigenvalue weighted by Gasteiger charge is 2.53. The predicted molar refractivity (Wildman–Crippen MR) is 122 cm³/mol. The molecule has 1 aliphatic carbocycles. The van der Waals surface area contributed by atoms with Crippen LogP contribution in [0.5, 0.6) is 0 Å². The van der Waals surface area contributed by atoms with E-state index in [9.17, 15) is 19.5 Å². The lowest BCUT2D eigenvalue weighted by molar-refractivity contribution is -0.143. The maximum atomic E-state index is 12.9. The molecule has 0 saturated heterocycles. The van der Waals surface area contributed by atoms with Crippen molar-refractivity contribution in [3.8, 4) is 0 Å². The Hall–Kier alpha value is -2.61. The van der Waals surface area contributed by atoms with Crippen LogP contribution in [0.4, 0.5) is 0 Å². The van der Waals surface area contributed by atoms with E-state index in [1.165, 1.54) is 19.3 Å². The Morgan fingerprint density at radius 1 is 1.21 bits per heavy atom. The molecule has 3 rings (SSSR count). The number of nitrogens with two attached hydrogens (primary N) is 1. The number of carbonyl (C=O) groups excluding carboxylic acids is 3. The van der Waals surface area contributed by atoms with E-state index in [1.54, 1.807) is 19.1 Å². The Balaban J connectivity index is 1.82. The lowest BCUT2D eigenvalue weighted by atomic mass is 9.76. The zero-order valence-electron chi connectivity index (χ0n) is 19.7. The Bertz CT molecular complexity index is 855. The molecule has 8 heteroatoms. The molecule has 0 aromatic carbocycles. The number of allylic oxidation sites excluding steroid dienone is 2. The molecule has 3 N–H and O–H groups in total. The summed E-state index contributed by atoms with van der Waals surface area (Å²) in [5.41, 5.74) is 4.41. The van der Waals surface area contributed by atoms with Gasteiger partial charge in [0.15, 0.2) is 0 Å². The van der Waals surface area contributed by atoms with E-state index in [4.69, 9.17) is 15.2 Å². The number of ketones is 1. The van der Waals surface area contributed by atoms with Crippen molar-refractivity contribution in [3.63, 3.8) is 0 Å². The molecule has 0 spiro atoms. The number of amides is 1. The number of nitrogens with zero attached hydrogens (tertiary/aromatic N) is 1. The minimum Gasteiger partial charge on any atom is -0.493 e. The van der Waals surface area contributed by atoms with Crippen LogP contribution in [-0.2, 0) is 23.9 Å². The minimum atomic E-state index is -1.47. The number of fused-ring (bicyclic) bond motifs is 1. The van der Waals surface area contributed by atoms with Crippen LogP contribution in [0.3, 0.4) is 0 Å². The molecule has 2 unspecified atom stereocenters. The molecule has 0 bridgehead atoms. The van der Waals surface area contributed by atoms with Gasteiger partial charge in [-0.25, -0.2) is 0 Å². The van der Waals surface area contributed by atoms with E-state index in [1.807, 2.05) is 18.0 Å². The molecule has 33 heavy (non-hydrogen) atoms. The average Bonchev–Trinajstić information content (AvgIpc) is 3.04. The first-order chi connectivity index (χ1) is 15.8. The number of carbonyl (C=O) groups is 3. The molecule has 2 aliphatic heterocycles. The quantitative estimate of drug-likeness (QED) is 0.276. The Kier molecular flexibility index (Phi) is 8.35. The van der Waals surface area contributed by atoms with Gasteiger partial charge in [0, 0.05) is 18.7 Å². The minimum absolute atomic E-state index is 0.0512. The summed E-state index contributed by atoms with van der Waals surface area (Å²) in [5, 5.41) is 11.7. The van der Waals surface area contributed by atoms with Gasteiger partial charge in [0.1, 0.15) is 11.4 Å². The van der Waals surface area contributed by atoms with Gasteiger partial charge in [0.25, 0.3) is 11.7 Å². The number of Topliss-reactive ketones (excluding diaryl/α,β-unsaturated/α-hetero) is 1. The Morgan fingerprint density at radius 2 is 1.94 bits per heavy atom. The molecule has 2 atom stereocenters. The fourth-order valence-electron chi connectivity index (χ4n) is 5.21. The molecule has 0 radical (unpaired) electrons. The van der Waals surface area contributed by atoms with Crippen LogP contribution in [-0.4, -0.2) is 52.5 Å². The fraction of sp³-hybridized carbons (Fsp3) is 0.640. The van der Waals surface area contributed by atoms with Crippen LogP contribution in [0.1, 0.15) is 71.6 Å². The second-order valence-corrected chi connectivity index (χ2v) is 9.01. The zero-order chi connectivity index (χ0) is 24.0. The average molecular weight is 461 g/mol. The molecule has 182 valence electrons. The highest BCUT2D eigenvalue weighted by Crippen LogP contribution is 2.46. The van der Waals surface area contributed by atoms with Crippen LogP contribution >= 0.6 is 0 Å². The van der Waals surface area contributed by atoms with Crippen LogP contribution in [0.2, 0.25) is 0 Å². The van der Waals surface area contributed by atoms with Gasteiger partial charge in [-0.3, -0.25) is 14.4 Å². The third-order valence-electron chi connectivity index (χ3n) is 6.90. The summed E-state index contributed by atoms with van der Waals surface area (Å²) in [4.78, 5) is 38.1. The largest absolute Gasteiger partial charge is 0.493 e. The van der Waals surface area contributed by atoms with Gasteiger partial charge in [0.05, 0.1) is 30.5 Å². The van der Waals surface area contributed by atoms with Crippen LogP contribution in [0.25, 0.3) is 0 Å². The number of primary amides is 1. The second-order valence-electron chi connectivity index (χ2n) is 9.01. The SMILES string of the molecule is CCOC(=O)CCCOC1=CC2=C(C(=O)C(N)=O)C(O)(CC)C(CC3CCCCC3)N2C=C1. The van der Waals surface area contributed by atoms with Crippen molar-refractivity contribution in [2.45, 2.75) is 83.3 Å². The summed E-state index contributed by atoms with van der Waals surface area (Å²) in [6.07, 6.45) is 12.8. The highest BCUT2D eigenvalue weighted by molar-refractivity contribution is 6.43. The zero-order valence-corrected chi connectivity index (χ0v) is 19.7. The molecule has 1 amide bonds. The van der Waals surface area contributed by atoms with E-state index in [-0.39, 0.29) is 30.4 Å². The number of esters is 1. The predicted octanol–water partition coefficient (Wildman–Crippen LogP) is 2.86. The molecule has 1 saturated carbocycles. The van der Waals surface area contributed by atoms with Gasteiger partial charge >= 0.3 is 5.97 Å². The number of hydrogen-bond donors (Lipinski definition) is 2. The topological polar surface area (TPSA) is 119 Å². The summed E-state index contributed by atoms with van der Waals surface area (Å²) >= 11 is 0. The van der Waals surface area contributed by atoms with Crippen molar-refractivity contribution in [1.82, 2.24) is 4.90 Å². The second kappa shape index (κ2) is 11.0. The third-order valence-corrected chi connectivity index (χ3v) is 6.90. The number of aliphatic hydroxyl groups is 1. The van der Waals surface area contributed by atoms with Crippen LogP contribution in [0.15, 0.2) is 35.4 Å². The van der Waals surface area contributed by atoms with E-state index in [0.717, 1.165) is 19.3 Å². The van der Waals surface area contributed by atoms with Crippen molar-refractivity contribution in [2.24, 2.45) is 11.7 Å². The third kappa shape index (κ3) is 5.49. The highest BCUT2D eigenvalue weighted by atomic mass is 16.5. The summed E-state index contributed by atoms with van der Waals surface area (Å²) in [6, 6.07) is -0.350. The lowest BCUT2D eigenvalue weighted by Gasteiger charge is -2.38. The lowest BCUT2D eigenvalue weighted by Crippen LogP contribution is -2.49. The van der Waals surface area contributed by atoms with Gasteiger partial charge in [-0.2, -0.15) is 0 Å². The van der Waals surface area contributed by atoms with Crippen molar-refractivity contribution in [3.05, 3.63) is 35.4 Å². The summed E-state index contributed by atoms with van der Waals surface area (Å²) < 4.78 is 10.7. The van der Waals surface area contributed by atoms with E-state index in [0.29, 0.717) is 37.0 Å². The fourth-order valence-corrected chi connectivity index (χ4v) is 5.21. The standard InChI is InChI=1S/C25H36N2O6/c1-3-25(31)20(15-17-9-6-5-7-10-17)27-13-12-18(33-14-8-11-21(28)32-4-2)16-19(27)22(25)23(29)24(26)30/h12-13,16-17,20,31H,3-11,14-15H2,1-2H3,(H2,26,30). The van der Waals surface area contributed by atoms with Crippen molar-refractivity contribution < 1.29 is 29.0 Å². The summed E-state index contributed by atoms with van der Waals surface area (Å²) in [5.74, 6) is -1.26. The first-order valence-electron chi connectivity index (χ1n) is 12.1. The van der Waals surface area contributed by atoms with Crippen LogP contribution in [0, 0.1) is 5.92 Å². The van der Waals surface area contributed by atoms with Gasteiger partial charge < -0.3 is 25.2 Å². The number of rotatable bonds is 11. The smallest absolute Gasteiger partial charge is 0.305 e. The first-order valence-corrected chi connectivity index (χ1v) is 12.1. The maximum Gasteiger partial charge on any atom is 0.305 e. The molecular weight excluding hydrogens is 424 g/mol. The molecule has 0 aromatic heterocycles. The molecular formula is C25H36N2O6. The maximum absolute atomic E-state index is 12.9. The monoisotopic (exact) mass is 460 g/mol. The number of ether oxygens (including phenoxy) is 2. The Labute approximate surface area is 195 Å². The van der Waals surface area contributed by atoms with E-state index in [2.05, 4.69) is 0 Å².